The second-order valence-corrected chi connectivity index (χ2v) is 5.94. The first-order valence-electron chi connectivity index (χ1n) is 8.35. The average molecular weight is 331 g/mol. The van der Waals surface area contributed by atoms with Crippen LogP contribution in [0.4, 0.5) is 5.69 Å². The summed E-state index contributed by atoms with van der Waals surface area (Å²) in [6, 6.07) is 25.2. The van der Waals surface area contributed by atoms with Crippen LogP contribution in [0.2, 0.25) is 0 Å². The van der Waals surface area contributed by atoms with Gasteiger partial charge in [-0.25, -0.2) is 0 Å². The Kier molecular flexibility index (Phi) is 5.47. The van der Waals surface area contributed by atoms with E-state index < -0.39 is 0 Å². The van der Waals surface area contributed by atoms with Gasteiger partial charge in [0.05, 0.1) is 6.61 Å². The minimum Gasteiger partial charge on any atom is -0.493 e. The zero-order valence-electron chi connectivity index (χ0n) is 14.2. The molecule has 1 amide bonds. The van der Waals surface area contributed by atoms with Crippen molar-refractivity contribution in [3.8, 4) is 5.75 Å². The molecule has 0 aliphatic carbocycles. The fraction of sp³-hybridized carbons (Fsp3) is 0.136. The van der Waals surface area contributed by atoms with Crippen molar-refractivity contribution in [1.29, 1.82) is 0 Å². The number of anilines is 1. The molecule has 0 spiro atoms. The molecule has 3 nitrogen and oxygen atoms in total. The number of nitrogens with one attached hydrogen (secondary N) is 1. The van der Waals surface area contributed by atoms with Gasteiger partial charge in [-0.15, -0.1) is 0 Å². The Morgan fingerprint density at radius 3 is 2.52 bits per heavy atom. The first-order valence-corrected chi connectivity index (χ1v) is 8.35. The van der Waals surface area contributed by atoms with E-state index in [-0.39, 0.29) is 5.91 Å². The van der Waals surface area contributed by atoms with Gasteiger partial charge in [0.2, 0.25) is 0 Å². The third-order valence-electron chi connectivity index (χ3n) is 3.87. The van der Waals surface area contributed by atoms with E-state index in [2.05, 4.69) is 17.4 Å². The molecular formula is C22H21NO2. The number of rotatable bonds is 6. The predicted octanol–water partition coefficient (Wildman–Crippen LogP) is 4.87. The molecule has 0 aliphatic rings. The fourth-order valence-corrected chi connectivity index (χ4v) is 2.58. The number of benzene rings is 3. The number of aryl methyl sites for hydroxylation is 1. The monoisotopic (exact) mass is 331 g/mol. The van der Waals surface area contributed by atoms with Gasteiger partial charge in [-0.05, 0) is 48.4 Å². The van der Waals surface area contributed by atoms with Crippen LogP contribution in [0.15, 0.2) is 78.9 Å². The van der Waals surface area contributed by atoms with E-state index in [1.54, 1.807) is 12.1 Å². The van der Waals surface area contributed by atoms with Crippen molar-refractivity contribution in [1.82, 2.24) is 0 Å². The van der Waals surface area contributed by atoms with Crippen molar-refractivity contribution in [2.75, 3.05) is 11.9 Å². The van der Waals surface area contributed by atoms with Crippen LogP contribution in [-0.2, 0) is 6.42 Å². The molecule has 0 saturated heterocycles. The third-order valence-corrected chi connectivity index (χ3v) is 3.87. The Morgan fingerprint density at radius 2 is 1.72 bits per heavy atom. The summed E-state index contributed by atoms with van der Waals surface area (Å²) >= 11 is 0. The van der Waals surface area contributed by atoms with E-state index in [0.29, 0.717) is 17.9 Å². The molecule has 0 radical (unpaired) electrons. The molecule has 0 saturated carbocycles. The van der Waals surface area contributed by atoms with E-state index in [1.165, 1.54) is 5.56 Å². The molecule has 0 aliphatic heterocycles. The lowest BCUT2D eigenvalue weighted by Gasteiger charge is -2.09. The smallest absolute Gasteiger partial charge is 0.255 e. The maximum atomic E-state index is 12.4. The fourth-order valence-electron chi connectivity index (χ4n) is 2.58. The molecule has 3 rings (SSSR count). The van der Waals surface area contributed by atoms with E-state index in [0.717, 1.165) is 17.7 Å². The number of amides is 1. The first kappa shape index (κ1) is 16.8. The standard InChI is InChI=1S/C22H21NO2/c1-17-7-5-11-20(15-17)23-22(24)19-10-6-12-21(16-19)25-14-13-18-8-3-2-4-9-18/h2-12,15-16H,13-14H2,1H3,(H,23,24). The molecule has 3 heteroatoms. The Labute approximate surface area is 148 Å². The summed E-state index contributed by atoms with van der Waals surface area (Å²) in [6.07, 6.45) is 0.834. The van der Waals surface area contributed by atoms with Gasteiger partial charge in [0.25, 0.3) is 5.91 Å². The van der Waals surface area contributed by atoms with Crippen LogP contribution in [0.25, 0.3) is 0 Å². The van der Waals surface area contributed by atoms with Crippen molar-refractivity contribution in [3.63, 3.8) is 0 Å². The summed E-state index contributed by atoms with van der Waals surface area (Å²) in [4.78, 5) is 12.4. The van der Waals surface area contributed by atoms with Gasteiger partial charge in [0.15, 0.2) is 0 Å². The number of carbonyl (C=O) groups is 1. The number of ether oxygens (including phenoxy) is 1. The van der Waals surface area contributed by atoms with Gasteiger partial charge >= 0.3 is 0 Å². The van der Waals surface area contributed by atoms with Crippen LogP contribution in [0.1, 0.15) is 21.5 Å². The largest absolute Gasteiger partial charge is 0.493 e. The van der Waals surface area contributed by atoms with Crippen molar-refractivity contribution < 1.29 is 9.53 Å². The molecule has 0 aromatic heterocycles. The SMILES string of the molecule is Cc1cccc(NC(=O)c2cccc(OCCc3ccccc3)c2)c1. The maximum absolute atomic E-state index is 12.4. The summed E-state index contributed by atoms with van der Waals surface area (Å²) in [6.45, 7) is 2.57. The summed E-state index contributed by atoms with van der Waals surface area (Å²) in [5, 5.41) is 2.91. The molecule has 0 atom stereocenters. The molecule has 1 N–H and O–H groups in total. The van der Waals surface area contributed by atoms with Gasteiger partial charge in [0, 0.05) is 17.7 Å². The minimum atomic E-state index is -0.140. The normalized spacial score (nSPS) is 10.3. The first-order chi connectivity index (χ1) is 12.2. The number of hydrogen-bond acceptors (Lipinski definition) is 2. The van der Waals surface area contributed by atoms with Gasteiger partial charge in [-0.3, -0.25) is 4.79 Å². The van der Waals surface area contributed by atoms with Crippen molar-refractivity contribution in [2.24, 2.45) is 0 Å². The molecule has 0 fully saturated rings. The summed E-state index contributed by atoms with van der Waals surface area (Å²) < 4.78 is 5.79. The van der Waals surface area contributed by atoms with E-state index in [9.17, 15) is 4.79 Å². The Balaban J connectivity index is 1.59. The van der Waals surface area contributed by atoms with Gasteiger partial charge < -0.3 is 10.1 Å². The molecule has 0 bridgehead atoms. The van der Waals surface area contributed by atoms with Crippen LogP contribution in [0.5, 0.6) is 5.75 Å². The highest BCUT2D eigenvalue weighted by molar-refractivity contribution is 6.04. The van der Waals surface area contributed by atoms with E-state index in [4.69, 9.17) is 4.74 Å². The summed E-state index contributed by atoms with van der Waals surface area (Å²) in [5.74, 6) is 0.562. The molecule has 3 aromatic rings. The number of carbonyl (C=O) groups excluding carboxylic acids is 1. The predicted molar refractivity (Wildman–Crippen MR) is 101 cm³/mol. The molecule has 126 valence electrons. The van der Waals surface area contributed by atoms with Crippen LogP contribution >= 0.6 is 0 Å². The quantitative estimate of drug-likeness (QED) is 0.700. The van der Waals surface area contributed by atoms with E-state index >= 15 is 0 Å². The topological polar surface area (TPSA) is 38.3 Å². The number of hydrogen-bond donors (Lipinski definition) is 1. The minimum absolute atomic E-state index is 0.140. The zero-order valence-corrected chi connectivity index (χ0v) is 14.2. The molecule has 0 unspecified atom stereocenters. The molecule has 25 heavy (non-hydrogen) atoms. The van der Waals surface area contributed by atoms with Gasteiger partial charge in [-0.1, -0.05) is 48.5 Å². The lowest BCUT2D eigenvalue weighted by atomic mass is 10.1. The lowest BCUT2D eigenvalue weighted by molar-refractivity contribution is 0.102. The van der Waals surface area contributed by atoms with E-state index in [1.807, 2.05) is 61.5 Å². The Morgan fingerprint density at radius 1 is 0.920 bits per heavy atom. The van der Waals surface area contributed by atoms with Crippen molar-refractivity contribution >= 4 is 11.6 Å². The lowest BCUT2D eigenvalue weighted by Crippen LogP contribution is -2.12. The van der Waals surface area contributed by atoms with Gasteiger partial charge in [-0.2, -0.15) is 0 Å². The second kappa shape index (κ2) is 8.15. The highest BCUT2D eigenvalue weighted by Crippen LogP contribution is 2.16. The van der Waals surface area contributed by atoms with Crippen LogP contribution in [-0.4, -0.2) is 12.5 Å². The van der Waals surface area contributed by atoms with Crippen molar-refractivity contribution in [3.05, 3.63) is 95.6 Å². The Bertz CT molecular complexity index is 843. The van der Waals surface area contributed by atoms with Gasteiger partial charge in [0.1, 0.15) is 5.75 Å². The summed E-state index contributed by atoms with van der Waals surface area (Å²) in [7, 11) is 0. The Hall–Kier alpha value is -3.07. The zero-order chi connectivity index (χ0) is 17.5. The second-order valence-electron chi connectivity index (χ2n) is 5.94. The molecular weight excluding hydrogens is 310 g/mol. The highest BCUT2D eigenvalue weighted by Gasteiger charge is 2.07. The van der Waals surface area contributed by atoms with Crippen LogP contribution in [0.3, 0.4) is 0 Å². The van der Waals surface area contributed by atoms with Crippen LogP contribution < -0.4 is 10.1 Å². The highest BCUT2D eigenvalue weighted by atomic mass is 16.5. The van der Waals surface area contributed by atoms with Crippen LogP contribution in [0, 0.1) is 6.92 Å². The van der Waals surface area contributed by atoms with Crippen molar-refractivity contribution in [2.45, 2.75) is 13.3 Å². The molecule has 3 aromatic carbocycles. The average Bonchev–Trinajstić information content (AvgIpc) is 2.63. The summed E-state index contributed by atoms with van der Waals surface area (Å²) in [5.41, 5.74) is 3.71. The maximum Gasteiger partial charge on any atom is 0.255 e. The third kappa shape index (κ3) is 4.95. The molecule has 0 heterocycles.